The average molecular weight is 566 g/mol. The van der Waals surface area contributed by atoms with Gasteiger partial charge in [-0.05, 0) is 44.7 Å². The normalized spacial score (nSPS) is 19.1. The summed E-state index contributed by atoms with van der Waals surface area (Å²) in [6.07, 6.45) is 4.02. The molecule has 0 spiro atoms. The molecule has 1 aliphatic rings. The maximum absolute atomic E-state index is 14.0. The van der Waals surface area contributed by atoms with Gasteiger partial charge in [-0.25, -0.2) is 9.78 Å². The number of rotatable bonds is 12. The van der Waals surface area contributed by atoms with Crippen LogP contribution in [-0.2, 0) is 19.1 Å². The Morgan fingerprint density at radius 2 is 1.85 bits per heavy atom. The minimum atomic E-state index is -0.654. The summed E-state index contributed by atoms with van der Waals surface area (Å²) in [5, 5.41) is 5.32. The molecule has 0 aromatic carbocycles. The number of hydrogen-bond acceptors (Lipinski definition) is 8. The van der Waals surface area contributed by atoms with Crippen LogP contribution >= 0.6 is 11.3 Å². The quantitative estimate of drug-likeness (QED) is 0.387. The van der Waals surface area contributed by atoms with E-state index in [2.05, 4.69) is 15.2 Å². The number of ether oxygens (including phenoxy) is 1. The molecular formula is C28H47N5O5S. The Bertz CT molecular complexity index is 999. The van der Waals surface area contributed by atoms with Crippen molar-refractivity contribution in [3.63, 3.8) is 0 Å². The van der Waals surface area contributed by atoms with Gasteiger partial charge in [-0.2, -0.15) is 0 Å². The van der Waals surface area contributed by atoms with Crippen molar-refractivity contribution in [3.8, 4) is 0 Å². The van der Waals surface area contributed by atoms with E-state index in [0.717, 1.165) is 32.2 Å². The Kier molecular flexibility index (Phi) is 12.4. The van der Waals surface area contributed by atoms with Crippen LogP contribution < -0.4 is 5.32 Å². The number of nitrogens with one attached hydrogen (secondary N) is 1. The lowest BCUT2D eigenvalue weighted by molar-refractivity contribution is -0.141. The minimum Gasteiger partial charge on any atom is -0.464 e. The van der Waals surface area contributed by atoms with Gasteiger partial charge in [0.05, 0.1) is 19.2 Å². The van der Waals surface area contributed by atoms with E-state index < -0.39 is 18.1 Å². The first-order valence-corrected chi connectivity index (χ1v) is 14.8. The van der Waals surface area contributed by atoms with Crippen molar-refractivity contribution in [1.82, 2.24) is 25.0 Å². The van der Waals surface area contributed by atoms with E-state index in [9.17, 15) is 19.2 Å². The average Bonchev–Trinajstić information content (AvgIpc) is 3.40. The number of likely N-dealkylation sites (tertiary alicyclic amines) is 1. The zero-order valence-corrected chi connectivity index (χ0v) is 25.8. The third-order valence-corrected chi connectivity index (χ3v) is 9.04. The molecule has 1 N–H and O–H groups in total. The first-order chi connectivity index (χ1) is 18.3. The predicted octanol–water partition coefficient (Wildman–Crippen LogP) is 3.34. The SMILES string of the molecule is CCC(C)C(NC(=O)C1CCCCN1C)C(=O)N(C)C(CC(c1nc(C(=O)OC)cs1)N(C)C(C)=O)C(C)C. The summed E-state index contributed by atoms with van der Waals surface area (Å²) < 4.78 is 4.80. The molecular weight excluding hydrogens is 518 g/mol. The molecule has 5 unspecified atom stereocenters. The van der Waals surface area contributed by atoms with E-state index in [1.165, 1.54) is 25.4 Å². The van der Waals surface area contributed by atoms with Crippen LogP contribution in [-0.4, -0.2) is 96.3 Å². The van der Waals surface area contributed by atoms with E-state index in [0.29, 0.717) is 11.4 Å². The number of methoxy groups -OCH3 is 1. The van der Waals surface area contributed by atoms with Crippen molar-refractivity contribution in [3.05, 3.63) is 16.1 Å². The summed E-state index contributed by atoms with van der Waals surface area (Å²) in [5.74, 6) is -0.925. The molecule has 0 radical (unpaired) electrons. The largest absolute Gasteiger partial charge is 0.464 e. The first kappa shape index (κ1) is 32.7. The molecule has 1 saturated heterocycles. The molecule has 2 heterocycles. The van der Waals surface area contributed by atoms with Gasteiger partial charge in [-0.15, -0.1) is 11.3 Å². The highest BCUT2D eigenvalue weighted by molar-refractivity contribution is 7.09. The lowest BCUT2D eigenvalue weighted by Gasteiger charge is -2.39. The number of esters is 1. The first-order valence-electron chi connectivity index (χ1n) is 13.9. The Morgan fingerprint density at radius 1 is 1.18 bits per heavy atom. The zero-order chi connectivity index (χ0) is 29.4. The van der Waals surface area contributed by atoms with Gasteiger partial charge in [-0.3, -0.25) is 19.3 Å². The van der Waals surface area contributed by atoms with Crippen LogP contribution in [0.5, 0.6) is 0 Å². The Balaban J connectivity index is 2.33. The molecule has 39 heavy (non-hydrogen) atoms. The van der Waals surface area contributed by atoms with Crippen LogP contribution in [0.15, 0.2) is 5.38 Å². The lowest BCUT2D eigenvalue weighted by atomic mass is 9.91. The molecule has 1 fully saturated rings. The lowest BCUT2D eigenvalue weighted by Crippen LogP contribution is -2.58. The topological polar surface area (TPSA) is 112 Å². The van der Waals surface area contributed by atoms with Gasteiger partial charge in [0, 0.05) is 32.4 Å². The highest BCUT2D eigenvalue weighted by Gasteiger charge is 2.37. The maximum atomic E-state index is 14.0. The Morgan fingerprint density at radius 3 is 2.38 bits per heavy atom. The van der Waals surface area contributed by atoms with Crippen molar-refractivity contribution >= 4 is 35.0 Å². The van der Waals surface area contributed by atoms with E-state index >= 15 is 0 Å². The summed E-state index contributed by atoms with van der Waals surface area (Å²) in [5.41, 5.74) is 0.192. The molecule has 220 valence electrons. The third kappa shape index (κ3) is 8.23. The van der Waals surface area contributed by atoms with E-state index in [1.54, 1.807) is 29.3 Å². The summed E-state index contributed by atoms with van der Waals surface area (Å²) in [6, 6.07) is -1.58. The highest BCUT2D eigenvalue weighted by atomic mass is 32.1. The maximum Gasteiger partial charge on any atom is 0.357 e. The minimum absolute atomic E-state index is 0.0529. The summed E-state index contributed by atoms with van der Waals surface area (Å²) >= 11 is 1.29. The van der Waals surface area contributed by atoms with Crippen molar-refractivity contribution in [2.45, 2.75) is 90.9 Å². The number of thiazole rings is 1. The van der Waals surface area contributed by atoms with Gasteiger partial charge in [0.2, 0.25) is 17.7 Å². The van der Waals surface area contributed by atoms with Gasteiger partial charge in [0.25, 0.3) is 0 Å². The number of carbonyl (C=O) groups excluding carboxylic acids is 4. The zero-order valence-electron chi connectivity index (χ0n) is 25.0. The third-order valence-electron chi connectivity index (χ3n) is 8.10. The molecule has 1 aromatic rings. The smallest absolute Gasteiger partial charge is 0.357 e. The van der Waals surface area contributed by atoms with Crippen molar-refractivity contribution < 1.29 is 23.9 Å². The molecule has 0 bridgehead atoms. The molecule has 0 aliphatic carbocycles. The number of aromatic nitrogens is 1. The Hall–Kier alpha value is -2.53. The van der Waals surface area contributed by atoms with Gasteiger partial charge in [0.1, 0.15) is 11.0 Å². The Labute approximate surface area is 237 Å². The summed E-state index contributed by atoms with van der Waals surface area (Å²) in [4.78, 5) is 61.5. The van der Waals surface area contributed by atoms with Gasteiger partial charge >= 0.3 is 5.97 Å². The second-order valence-electron chi connectivity index (χ2n) is 11.1. The van der Waals surface area contributed by atoms with Crippen LogP contribution in [0.3, 0.4) is 0 Å². The second kappa shape index (κ2) is 14.7. The fraction of sp³-hybridized carbons (Fsp3) is 0.750. The fourth-order valence-electron chi connectivity index (χ4n) is 5.11. The molecule has 1 aromatic heterocycles. The molecule has 10 nitrogen and oxygen atoms in total. The fourth-order valence-corrected chi connectivity index (χ4v) is 6.05. The van der Waals surface area contributed by atoms with Crippen molar-refractivity contribution in [1.29, 1.82) is 0 Å². The molecule has 3 amide bonds. The van der Waals surface area contributed by atoms with E-state index in [4.69, 9.17) is 4.74 Å². The van der Waals surface area contributed by atoms with Gasteiger partial charge < -0.3 is 19.9 Å². The van der Waals surface area contributed by atoms with E-state index in [1.807, 2.05) is 34.7 Å². The van der Waals surface area contributed by atoms with Crippen LogP contribution in [0, 0.1) is 11.8 Å². The van der Waals surface area contributed by atoms with Crippen LogP contribution in [0.25, 0.3) is 0 Å². The predicted molar refractivity (Wildman–Crippen MR) is 152 cm³/mol. The number of carbonyl (C=O) groups is 4. The molecule has 11 heteroatoms. The van der Waals surface area contributed by atoms with Crippen molar-refractivity contribution in [2.24, 2.45) is 11.8 Å². The standard InChI is InChI=1S/C28H47N5O5S/c1-10-18(4)24(30-25(35)21-13-11-12-14-31(21)6)27(36)33(8)22(17(2)3)15-23(32(7)19(5)34)26-29-20(16-39-26)28(37)38-9/h16-18,21-24H,10-15H2,1-9H3,(H,30,35). The molecule has 5 atom stereocenters. The number of amides is 3. The van der Waals surface area contributed by atoms with Crippen LogP contribution in [0.2, 0.25) is 0 Å². The summed E-state index contributed by atoms with van der Waals surface area (Å²) in [7, 11) is 6.73. The molecule has 1 aliphatic heterocycles. The monoisotopic (exact) mass is 565 g/mol. The number of piperidine rings is 1. The number of hydrogen-bond donors (Lipinski definition) is 1. The van der Waals surface area contributed by atoms with Crippen molar-refractivity contribution in [2.75, 3.05) is 34.8 Å². The van der Waals surface area contributed by atoms with Crippen LogP contribution in [0.1, 0.15) is 88.3 Å². The second-order valence-corrected chi connectivity index (χ2v) is 12.0. The molecule has 0 saturated carbocycles. The van der Waals surface area contributed by atoms with E-state index in [-0.39, 0.29) is 47.3 Å². The number of likely N-dealkylation sites (N-methyl/N-ethyl adjacent to an activating group) is 2. The number of nitrogens with zero attached hydrogens (tertiary/aromatic N) is 4. The van der Waals surface area contributed by atoms with Crippen LogP contribution in [0.4, 0.5) is 0 Å². The van der Waals surface area contributed by atoms with Gasteiger partial charge in [0.15, 0.2) is 5.69 Å². The van der Waals surface area contributed by atoms with Gasteiger partial charge in [-0.1, -0.05) is 40.5 Å². The highest BCUT2D eigenvalue weighted by Crippen LogP contribution is 2.32. The summed E-state index contributed by atoms with van der Waals surface area (Å²) in [6.45, 7) is 10.4. The molecule has 2 rings (SSSR count).